The molecule has 1 aliphatic rings. The lowest BCUT2D eigenvalue weighted by molar-refractivity contribution is -0.145. The van der Waals surface area contributed by atoms with Gasteiger partial charge in [-0.05, 0) is 42.7 Å². The van der Waals surface area contributed by atoms with Crippen LogP contribution in [0.1, 0.15) is 29.5 Å². The fourth-order valence-corrected chi connectivity index (χ4v) is 4.52. The van der Waals surface area contributed by atoms with Gasteiger partial charge < -0.3 is 5.11 Å². The van der Waals surface area contributed by atoms with Crippen molar-refractivity contribution in [2.75, 3.05) is 11.5 Å². The molecule has 0 unspecified atom stereocenters. The molecule has 27 heavy (non-hydrogen) atoms. The van der Waals surface area contributed by atoms with Gasteiger partial charge >= 0.3 is 5.97 Å². The van der Waals surface area contributed by atoms with Crippen molar-refractivity contribution in [1.29, 1.82) is 0 Å². The van der Waals surface area contributed by atoms with E-state index in [1.807, 2.05) is 54.6 Å². The summed E-state index contributed by atoms with van der Waals surface area (Å²) in [5.74, 6) is 5.00. The summed E-state index contributed by atoms with van der Waals surface area (Å²) >= 11 is 0. The zero-order valence-electron chi connectivity index (χ0n) is 14.8. The van der Waals surface area contributed by atoms with Gasteiger partial charge in [0.15, 0.2) is 0 Å². The van der Waals surface area contributed by atoms with Crippen LogP contribution in [-0.2, 0) is 21.2 Å². The van der Waals surface area contributed by atoms with E-state index in [4.69, 9.17) is 0 Å². The average Bonchev–Trinajstić information content (AvgIpc) is 2.67. The third kappa shape index (κ3) is 4.97. The molecule has 0 aliphatic carbocycles. The summed E-state index contributed by atoms with van der Waals surface area (Å²) in [5.41, 5.74) is 1.56. The Bertz CT molecular complexity index is 956. The standard InChI is InChI=1S/C21H21NO4S/c23-20(24)21(12-14-27(25,26)15-13-21)22-16-19-10-8-18(9-11-19)7-6-17-4-2-1-3-5-17/h1-5,8-11,22H,12-16H2,(H,23,24). The highest BCUT2D eigenvalue weighted by Crippen LogP contribution is 2.25. The number of nitrogens with one attached hydrogen (secondary N) is 1. The summed E-state index contributed by atoms with van der Waals surface area (Å²) < 4.78 is 23.2. The normalized spacial score (nSPS) is 17.5. The van der Waals surface area contributed by atoms with Crippen LogP contribution in [0.4, 0.5) is 0 Å². The van der Waals surface area contributed by atoms with Crippen molar-refractivity contribution in [3.05, 3.63) is 71.3 Å². The number of aliphatic carboxylic acids is 1. The van der Waals surface area contributed by atoms with Crippen molar-refractivity contribution in [3.8, 4) is 11.8 Å². The highest BCUT2D eigenvalue weighted by atomic mass is 32.2. The van der Waals surface area contributed by atoms with Gasteiger partial charge in [-0.25, -0.2) is 8.42 Å². The Morgan fingerprint density at radius 1 is 0.963 bits per heavy atom. The fourth-order valence-electron chi connectivity index (χ4n) is 3.00. The molecule has 1 fully saturated rings. The van der Waals surface area contributed by atoms with Gasteiger partial charge in [0.1, 0.15) is 15.4 Å². The highest BCUT2D eigenvalue weighted by molar-refractivity contribution is 7.91. The molecular weight excluding hydrogens is 362 g/mol. The Hall–Kier alpha value is -2.62. The number of carbonyl (C=O) groups is 1. The zero-order valence-corrected chi connectivity index (χ0v) is 15.6. The van der Waals surface area contributed by atoms with E-state index in [-0.39, 0.29) is 24.3 Å². The van der Waals surface area contributed by atoms with E-state index in [0.717, 1.165) is 16.7 Å². The van der Waals surface area contributed by atoms with Gasteiger partial charge in [0.2, 0.25) is 0 Å². The van der Waals surface area contributed by atoms with Crippen LogP contribution in [0.25, 0.3) is 0 Å². The quantitative estimate of drug-likeness (QED) is 0.791. The lowest BCUT2D eigenvalue weighted by Crippen LogP contribution is -2.56. The second-order valence-corrected chi connectivity index (χ2v) is 9.01. The van der Waals surface area contributed by atoms with Crippen molar-refractivity contribution >= 4 is 15.8 Å². The maximum Gasteiger partial charge on any atom is 0.323 e. The number of carboxylic acids is 1. The van der Waals surface area contributed by atoms with Crippen LogP contribution in [0.15, 0.2) is 54.6 Å². The maximum atomic E-state index is 11.7. The molecule has 2 aromatic carbocycles. The van der Waals surface area contributed by atoms with Crippen LogP contribution in [0.3, 0.4) is 0 Å². The van der Waals surface area contributed by atoms with Crippen molar-refractivity contribution in [2.24, 2.45) is 0 Å². The van der Waals surface area contributed by atoms with Gasteiger partial charge in [-0.2, -0.15) is 0 Å². The van der Waals surface area contributed by atoms with E-state index in [0.29, 0.717) is 6.54 Å². The Labute approximate surface area is 159 Å². The number of rotatable bonds is 4. The Kier molecular flexibility index (Phi) is 5.64. The predicted molar refractivity (Wildman–Crippen MR) is 104 cm³/mol. The van der Waals surface area contributed by atoms with Crippen molar-refractivity contribution in [2.45, 2.75) is 24.9 Å². The van der Waals surface area contributed by atoms with Crippen molar-refractivity contribution < 1.29 is 18.3 Å². The second kappa shape index (κ2) is 7.95. The number of benzene rings is 2. The van der Waals surface area contributed by atoms with Gasteiger partial charge in [-0.1, -0.05) is 42.2 Å². The Morgan fingerprint density at radius 3 is 2.07 bits per heavy atom. The molecular formula is C21H21NO4S. The molecule has 2 aromatic rings. The molecule has 0 amide bonds. The van der Waals surface area contributed by atoms with Gasteiger partial charge in [0.25, 0.3) is 0 Å². The molecule has 3 rings (SSSR count). The van der Waals surface area contributed by atoms with E-state index in [2.05, 4.69) is 17.2 Å². The molecule has 0 saturated carbocycles. The third-order valence-corrected chi connectivity index (χ3v) is 6.45. The van der Waals surface area contributed by atoms with Crippen LogP contribution in [0, 0.1) is 11.8 Å². The maximum absolute atomic E-state index is 11.7. The summed E-state index contributed by atoms with van der Waals surface area (Å²) in [6, 6.07) is 17.3. The highest BCUT2D eigenvalue weighted by Gasteiger charge is 2.43. The number of hydrogen-bond donors (Lipinski definition) is 2. The first-order valence-corrected chi connectivity index (χ1v) is 10.6. The monoisotopic (exact) mass is 383 g/mol. The van der Waals surface area contributed by atoms with Gasteiger partial charge in [-0.3, -0.25) is 10.1 Å². The SMILES string of the molecule is O=C(O)C1(NCc2ccc(C#Cc3ccccc3)cc2)CCS(=O)(=O)CC1. The molecule has 1 aliphatic heterocycles. The minimum atomic E-state index is -3.12. The van der Waals surface area contributed by atoms with Crippen molar-refractivity contribution in [1.82, 2.24) is 5.32 Å². The molecule has 140 valence electrons. The van der Waals surface area contributed by atoms with Crippen LogP contribution in [-0.4, -0.2) is 36.5 Å². The van der Waals surface area contributed by atoms with Crippen LogP contribution in [0.2, 0.25) is 0 Å². The molecule has 0 radical (unpaired) electrons. The number of sulfone groups is 1. The van der Waals surface area contributed by atoms with Crippen LogP contribution < -0.4 is 5.32 Å². The summed E-state index contributed by atoms with van der Waals surface area (Å²) in [5, 5.41) is 12.6. The summed E-state index contributed by atoms with van der Waals surface area (Å²) in [6.07, 6.45) is 0.177. The first-order chi connectivity index (χ1) is 12.9. The topological polar surface area (TPSA) is 83.5 Å². The second-order valence-electron chi connectivity index (χ2n) is 6.71. The predicted octanol–water partition coefficient (Wildman–Crippen LogP) is 2.21. The molecule has 2 N–H and O–H groups in total. The van der Waals surface area contributed by atoms with E-state index in [9.17, 15) is 18.3 Å². The lowest BCUT2D eigenvalue weighted by atomic mass is 9.92. The zero-order chi connectivity index (χ0) is 19.3. The van der Waals surface area contributed by atoms with Gasteiger partial charge in [0.05, 0.1) is 11.5 Å². The molecule has 5 nitrogen and oxygen atoms in total. The van der Waals surface area contributed by atoms with E-state index >= 15 is 0 Å². The average molecular weight is 383 g/mol. The first kappa shape index (κ1) is 19.2. The largest absolute Gasteiger partial charge is 0.480 e. The van der Waals surface area contributed by atoms with Crippen LogP contribution >= 0.6 is 0 Å². The fraction of sp³-hybridized carbons (Fsp3) is 0.286. The molecule has 0 spiro atoms. The summed E-state index contributed by atoms with van der Waals surface area (Å²) in [4.78, 5) is 11.7. The van der Waals surface area contributed by atoms with Gasteiger partial charge in [-0.15, -0.1) is 0 Å². The lowest BCUT2D eigenvalue weighted by Gasteiger charge is -2.34. The molecule has 0 bridgehead atoms. The van der Waals surface area contributed by atoms with E-state index in [1.54, 1.807) is 0 Å². The smallest absolute Gasteiger partial charge is 0.323 e. The summed E-state index contributed by atoms with van der Waals surface area (Å²) in [6.45, 7) is 0.360. The minimum absolute atomic E-state index is 0.0886. The molecule has 1 saturated heterocycles. The molecule has 0 aromatic heterocycles. The number of hydrogen-bond acceptors (Lipinski definition) is 4. The molecule has 0 atom stereocenters. The molecule has 1 heterocycles. The van der Waals surface area contributed by atoms with Crippen molar-refractivity contribution in [3.63, 3.8) is 0 Å². The third-order valence-electron chi connectivity index (χ3n) is 4.80. The first-order valence-electron chi connectivity index (χ1n) is 8.73. The van der Waals surface area contributed by atoms with E-state index in [1.165, 1.54) is 0 Å². The number of carboxylic acid groups (broad SMARTS) is 1. The van der Waals surface area contributed by atoms with E-state index < -0.39 is 21.3 Å². The van der Waals surface area contributed by atoms with Gasteiger partial charge in [0, 0.05) is 17.7 Å². The summed E-state index contributed by atoms with van der Waals surface area (Å²) in [7, 11) is -3.12. The van der Waals surface area contributed by atoms with Crippen LogP contribution in [0.5, 0.6) is 0 Å². The molecule has 6 heteroatoms. The Balaban J connectivity index is 1.64. The Morgan fingerprint density at radius 2 is 1.52 bits per heavy atom. The minimum Gasteiger partial charge on any atom is -0.480 e.